The highest BCUT2D eigenvalue weighted by Crippen LogP contribution is 2.13. The van der Waals surface area contributed by atoms with Gasteiger partial charge in [-0.2, -0.15) is 0 Å². The number of hydrogen-bond donors (Lipinski definition) is 1. The van der Waals surface area contributed by atoms with E-state index in [0.717, 1.165) is 6.42 Å². The molecule has 2 atom stereocenters. The molecular formula is C14H28O6. The highest BCUT2D eigenvalue weighted by Gasteiger charge is 2.18. The minimum atomic E-state index is -1.01. The fourth-order valence-corrected chi connectivity index (χ4v) is 1.51. The SMILES string of the molecule is CCC(CC(OCCOC)OCC(=O)O)OCC(C)C. The topological polar surface area (TPSA) is 74.2 Å². The van der Waals surface area contributed by atoms with Gasteiger partial charge < -0.3 is 24.1 Å². The molecule has 6 heteroatoms. The molecule has 0 aromatic heterocycles. The highest BCUT2D eigenvalue weighted by atomic mass is 16.7. The van der Waals surface area contributed by atoms with Crippen LogP contribution in [0.25, 0.3) is 0 Å². The van der Waals surface area contributed by atoms with E-state index in [1.54, 1.807) is 7.11 Å². The van der Waals surface area contributed by atoms with E-state index >= 15 is 0 Å². The Bertz CT molecular complexity index is 244. The van der Waals surface area contributed by atoms with Crippen LogP contribution in [0.5, 0.6) is 0 Å². The summed E-state index contributed by atoms with van der Waals surface area (Å²) in [6.45, 7) is 7.29. The quantitative estimate of drug-likeness (QED) is 0.413. The number of ether oxygens (including phenoxy) is 4. The molecule has 0 spiro atoms. The number of methoxy groups -OCH3 is 1. The first kappa shape index (κ1) is 19.3. The van der Waals surface area contributed by atoms with E-state index < -0.39 is 12.3 Å². The third kappa shape index (κ3) is 11.2. The molecule has 0 aromatic carbocycles. The number of rotatable bonds is 13. The van der Waals surface area contributed by atoms with Crippen molar-refractivity contribution in [2.24, 2.45) is 5.92 Å². The molecule has 0 aliphatic rings. The molecule has 0 fully saturated rings. The summed E-state index contributed by atoms with van der Waals surface area (Å²) in [5.41, 5.74) is 0. The molecule has 0 aliphatic carbocycles. The Labute approximate surface area is 121 Å². The number of hydrogen-bond acceptors (Lipinski definition) is 5. The molecule has 6 nitrogen and oxygen atoms in total. The van der Waals surface area contributed by atoms with Gasteiger partial charge in [0.1, 0.15) is 6.61 Å². The van der Waals surface area contributed by atoms with Crippen LogP contribution in [0, 0.1) is 5.92 Å². The average Bonchev–Trinajstić information content (AvgIpc) is 2.39. The third-order valence-corrected chi connectivity index (χ3v) is 2.56. The van der Waals surface area contributed by atoms with Crippen molar-refractivity contribution in [2.75, 3.05) is 33.5 Å². The summed E-state index contributed by atoms with van der Waals surface area (Å²) >= 11 is 0. The van der Waals surface area contributed by atoms with Crippen LogP contribution < -0.4 is 0 Å². The predicted molar refractivity (Wildman–Crippen MR) is 74.7 cm³/mol. The molecule has 0 rings (SSSR count). The van der Waals surface area contributed by atoms with Crippen molar-refractivity contribution in [3.05, 3.63) is 0 Å². The normalized spacial score (nSPS) is 14.4. The maximum atomic E-state index is 10.6. The van der Waals surface area contributed by atoms with Gasteiger partial charge in [0.05, 0.1) is 19.3 Å². The number of aliphatic carboxylic acids is 1. The van der Waals surface area contributed by atoms with Gasteiger partial charge in [0.2, 0.25) is 0 Å². The summed E-state index contributed by atoms with van der Waals surface area (Å²) in [6.07, 6.45) is 0.755. The van der Waals surface area contributed by atoms with E-state index in [-0.39, 0.29) is 12.7 Å². The number of carboxylic acids is 1. The largest absolute Gasteiger partial charge is 0.480 e. The Morgan fingerprint density at radius 2 is 1.85 bits per heavy atom. The van der Waals surface area contributed by atoms with Gasteiger partial charge in [0.25, 0.3) is 0 Å². The first-order valence-corrected chi connectivity index (χ1v) is 7.05. The van der Waals surface area contributed by atoms with Crippen LogP contribution in [0.2, 0.25) is 0 Å². The first-order valence-electron chi connectivity index (χ1n) is 7.05. The molecule has 0 saturated carbocycles. The van der Waals surface area contributed by atoms with Crippen LogP contribution >= 0.6 is 0 Å². The Hall–Kier alpha value is -0.690. The average molecular weight is 292 g/mol. The summed E-state index contributed by atoms with van der Waals surface area (Å²) in [6, 6.07) is 0. The lowest BCUT2D eigenvalue weighted by Gasteiger charge is -2.24. The van der Waals surface area contributed by atoms with Gasteiger partial charge in [-0.15, -0.1) is 0 Å². The minimum absolute atomic E-state index is 0.00117. The van der Waals surface area contributed by atoms with Crippen LogP contribution in [-0.2, 0) is 23.7 Å². The van der Waals surface area contributed by atoms with E-state index in [1.165, 1.54) is 0 Å². The molecule has 2 unspecified atom stereocenters. The fraction of sp³-hybridized carbons (Fsp3) is 0.929. The summed E-state index contributed by atoms with van der Waals surface area (Å²) in [5.74, 6) is -0.557. The second-order valence-corrected chi connectivity index (χ2v) is 4.99. The predicted octanol–water partition coefficient (Wildman–Crippen LogP) is 1.92. The molecule has 0 bridgehead atoms. The second kappa shape index (κ2) is 12.1. The van der Waals surface area contributed by atoms with E-state index in [0.29, 0.717) is 32.2 Å². The van der Waals surface area contributed by atoms with Crippen molar-refractivity contribution >= 4 is 5.97 Å². The molecule has 0 radical (unpaired) electrons. The monoisotopic (exact) mass is 292 g/mol. The van der Waals surface area contributed by atoms with Gasteiger partial charge in [0, 0.05) is 20.1 Å². The fourth-order valence-electron chi connectivity index (χ4n) is 1.51. The molecule has 20 heavy (non-hydrogen) atoms. The summed E-state index contributed by atoms with van der Waals surface area (Å²) in [5, 5.41) is 8.66. The summed E-state index contributed by atoms with van der Waals surface area (Å²) < 4.78 is 21.4. The van der Waals surface area contributed by atoms with Crippen molar-refractivity contribution in [2.45, 2.75) is 46.0 Å². The molecule has 0 saturated heterocycles. The lowest BCUT2D eigenvalue weighted by molar-refractivity contribution is -0.182. The summed E-state index contributed by atoms with van der Waals surface area (Å²) in [7, 11) is 1.58. The molecule has 0 aliphatic heterocycles. The van der Waals surface area contributed by atoms with E-state index in [2.05, 4.69) is 13.8 Å². The zero-order valence-corrected chi connectivity index (χ0v) is 13.0. The molecule has 120 valence electrons. The zero-order chi connectivity index (χ0) is 15.4. The second-order valence-electron chi connectivity index (χ2n) is 4.99. The first-order chi connectivity index (χ1) is 9.49. The van der Waals surface area contributed by atoms with Crippen LogP contribution in [0.1, 0.15) is 33.6 Å². The molecular weight excluding hydrogens is 264 g/mol. The van der Waals surface area contributed by atoms with Crippen molar-refractivity contribution in [3.8, 4) is 0 Å². The third-order valence-electron chi connectivity index (χ3n) is 2.56. The van der Waals surface area contributed by atoms with Crippen molar-refractivity contribution < 1.29 is 28.8 Å². The van der Waals surface area contributed by atoms with Crippen molar-refractivity contribution in [3.63, 3.8) is 0 Å². The number of carbonyl (C=O) groups is 1. The van der Waals surface area contributed by atoms with E-state index in [1.807, 2.05) is 6.92 Å². The molecule has 1 N–H and O–H groups in total. The van der Waals surface area contributed by atoms with Gasteiger partial charge in [-0.05, 0) is 12.3 Å². The molecule has 0 aromatic rings. The van der Waals surface area contributed by atoms with Crippen LogP contribution in [0.15, 0.2) is 0 Å². The Morgan fingerprint density at radius 3 is 2.35 bits per heavy atom. The minimum Gasteiger partial charge on any atom is -0.480 e. The molecule has 0 amide bonds. The zero-order valence-electron chi connectivity index (χ0n) is 13.0. The standard InChI is InChI=1S/C14H28O6/c1-5-12(19-9-11(2)3)8-14(18-7-6-17-4)20-10-13(15)16/h11-12,14H,5-10H2,1-4H3,(H,15,16). The Morgan fingerprint density at radius 1 is 1.15 bits per heavy atom. The van der Waals surface area contributed by atoms with Crippen LogP contribution in [0.4, 0.5) is 0 Å². The van der Waals surface area contributed by atoms with Gasteiger partial charge in [-0.1, -0.05) is 20.8 Å². The Balaban J connectivity index is 4.22. The van der Waals surface area contributed by atoms with Gasteiger partial charge in [0.15, 0.2) is 6.29 Å². The van der Waals surface area contributed by atoms with Crippen molar-refractivity contribution in [1.82, 2.24) is 0 Å². The van der Waals surface area contributed by atoms with Gasteiger partial charge in [-0.3, -0.25) is 0 Å². The van der Waals surface area contributed by atoms with E-state index in [4.69, 9.17) is 24.1 Å². The molecule has 0 heterocycles. The maximum absolute atomic E-state index is 10.6. The Kier molecular flexibility index (Phi) is 11.7. The smallest absolute Gasteiger partial charge is 0.329 e. The maximum Gasteiger partial charge on any atom is 0.329 e. The summed E-state index contributed by atoms with van der Waals surface area (Å²) in [4.78, 5) is 10.6. The number of carboxylic acid groups (broad SMARTS) is 1. The lowest BCUT2D eigenvalue weighted by Crippen LogP contribution is -2.29. The van der Waals surface area contributed by atoms with Gasteiger partial charge >= 0.3 is 5.97 Å². The highest BCUT2D eigenvalue weighted by molar-refractivity contribution is 5.67. The van der Waals surface area contributed by atoms with Gasteiger partial charge in [-0.25, -0.2) is 4.79 Å². The lowest BCUT2D eigenvalue weighted by atomic mass is 10.2. The van der Waals surface area contributed by atoms with Crippen LogP contribution in [0.3, 0.4) is 0 Å². The van der Waals surface area contributed by atoms with E-state index in [9.17, 15) is 4.79 Å². The van der Waals surface area contributed by atoms with Crippen molar-refractivity contribution in [1.29, 1.82) is 0 Å². The van der Waals surface area contributed by atoms with Crippen LogP contribution in [-0.4, -0.2) is 57.0 Å².